The van der Waals surface area contributed by atoms with E-state index in [2.05, 4.69) is 215 Å². The summed E-state index contributed by atoms with van der Waals surface area (Å²) in [6.07, 6.45) is 6.80. The first-order chi connectivity index (χ1) is 33.7. The first-order valence-corrected chi connectivity index (χ1v) is 26.9. The summed E-state index contributed by atoms with van der Waals surface area (Å²) in [5, 5.41) is 13.2. The molecule has 1 spiro atoms. The summed E-state index contributed by atoms with van der Waals surface area (Å²) in [6.45, 7) is 0. The van der Waals surface area contributed by atoms with Crippen molar-refractivity contribution in [2.24, 2.45) is 23.7 Å². The second kappa shape index (κ2) is 13.6. The molecule has 5 aliphatic rings. The van der Waals surface area contributed by atoms with E-state index in [4.69, 9.17) is 4.42 Å². The number of furan rings is 1. The van der Waals surface area contributed by atoms with Gasteiger partial charge in [0.05, 0.1) is 27.8 Å². The van der Waals surface area contributed by atoms with E-state index in [0.717, 1.165) is 23.0 Å². The van der Waals surface area contributed by atoms with Crippen LogP contribution in [0.1, 0.15) is 43.2 Å². The average Bonchev–Trinajstić information content (AvgIpc) is 4.05. The van der Waals surface area contributed by atoms with Gasteiger partial charge in [0, 0.05) is 43.4 Å². The van der Waals surface area contributed by atoms with E-state index in [-0.39, 0.29) is 5.41 Å². The summed E-state index contributed by atoms with van der Waals surface area (Å²) < 4.78 is 11.7. The Morgan fingerprint density at radius 3 is 1.66 bits per heavy atom. The Labute approximate surface area is 395 Å². The third-order valence-corrected chi connectivity index (χ3v) is 22.6. The highest BCUT2D eigenvalue weighted by Crippen LogP contribution is 2.68. The molecule has 0 atom stereocenters. The van der Waals surface area contributed by atoms with Crippen LogP contribution in [0.15, 0.2) is 211 Å². The van der Waals surface area contributed by atoms with Crippen molar-refractivity contribution in [3.8, 4) is 11.4 Å². The molecule has 0 N–H and O–H groups in total. The van der Waals surface area contributed by atoms with Crippen LogP contribution in [0.3, 0.4) is 0 Å². The molecule has 324 valence electrons. The van der Waals surface area contributed by atoms with Gasteiger partial charge in [0.15, 0.2) is 8.07 Å². The summed E-state index contributed by atoms with van der Waals surface area (Å²) in [4.78, 5) is 0. The van der Waals surface area contributed by atoms with E-state index in [1.165, 1.54) is 119 Å². The predicted molar refractivity (Wildman–Crippen MR) is 284 cm³/mol. The molecular formula is C64H48N2OSi. The number of para-hydroxylation sites is 4. The minimum atomic E-state index is -3.01. The largest absolute Gasteiger partial charge is 0.456 e. The molecule has 0 radical (unpaired) electrons. The first-order valence-electron chi connectivity index (χ1n) is 24.9. The second-order valence-corrected chi connectivity index (χ2v) is 24.6. The standard InChI is InChI=1S/C64H48N2OSi/c1-3-14-45(15-4-1)68(46-16-5-2-6-17-46,47-28-31-62-54(38-47)51-20-9-12-25-61(51)67-62)48-27-29-55-60(39-48)66-59-30-26-44(65-57-23-10-7-18-49(57)50-19-8-11-24-58(50)65)37-53(59)52-21-13-22-56(63(52)66)64(55)42-33-40-32-41(35-42)36-43(64)34-40/h1-31,37-43H,32-36H2. The van der Waals surface area contributed by atoms with Crippen molar-refractivity contribution in [3.05, 3.63) is 217 Å². The molecule has 3 nitrogen and oxygen atoms in total. The van der Waals surface area contributed by atoms with Gasteiger partial charge in [-0.05, 0) is 136 Å². The van der Waals surface area contributed by atoms with Crippen molar-refractivity contribution >= 4 is 94.4 Å². The van der Waals surface area contributed by atoms with E-state index < -0.39 is 8.07 Å². The molecule has 4 bridgehead atoms. The fraction of sp³-hybridized carbons (Fsp3) is 0.156. The number of benzene rings is 9. The van der Waals surface area contributed by atoms with E-state index in [1.807, 2.05) is 0 Å². The van der Waals surface area contributed by atoms with Gasteiger partial charge in [0.25, 0.3) is 0 Å². The maximum atomic E-state index is 6.50. The zero-order chi connectivity index (χ0) is 44.3. The summed E-state index contributed by atoms with van der Waals surface area (Å²) in [5.41, 5.74) is 12.8. The van der Waals surface area contributed by atoms with Crippen LogP contribution < -0.4 is 20.7 Å². The highest BCUT2D eigenvalue weighted by atomic mass is 28.3. The fourth-order valence-corrected chi connectivity index (χ4v) is 20.3. The van der Waals surface area contributed by atoms with Gasteiger partial charge < -0.3 is 13.6 Å². The quantitative estimate of drug-likeness (QED) is 0.125. The Morgan fingerprint density at radius 1 is 0.382 bits per heavy atom. The van der Waals surface area contributed by atoms with Gasteiger partial charge in [-0.2, -0.15) is 0 Å². The lowest BCUT2D eigenvalue weighted by molar-refractivity contribution is -0.0418. The first kappa shape index (κ1) is 37.7. The Morgan fingerprint density at radius 2 is 0.956 bits per heavy atom. The molecule has 4 fully saturated rings. The molecule has 4 heteroatoms. The minimum Gasteiger partial charge on any atom is -0.456 e. The number of nitrogens with zero attached hydrogens (tertiary/aromatic N) is 2. The maximum Gasteiger partial charge on any atom is 0.179 e. The fourth-order valence-electron chi connectivity index (χ4n) is 15.6. The summed E-state index contributed by atoms with van der Waals surface area (Å²) in [6, 6.07) is 79.2. The van der Waals surface area contributed by atoms with Crippen LogP contribution in [0.5, 0.6) is 0 Å². The SMILES string of the molecule is c1ccc([Si](c2ccccc2)(c2ccc3c(c2)-n2c4ccc(-n5c6ccccc6c6ccccc65)cc4c4cccc(c42)C32C3CC4CC(C3)CC2C4)c2ccc3oc4ccccc4c3c2)cc1. The molecule has 17 rings (SSSR count). The highest BCUT2D eigenvalue weighted by molar-refractivity contribution is 7.20. The third-order valence-electron chi connectivity index (χ3n) is 17.8. The summed E-state index contributed by atoms with van der Waals surface area (Å²) in [7, 11) is -3.01. The Bertz CT molecular complexity index is 3940. The van der Waals surface area contributed by atoms with Crippen LogP contribution in [0.2, 0.25) is 0 Å². The van der Waals surface area contributed by atoms with E-state index >= 15 is 0 Å². The molecular weight excluding hydrogens is 841 g/mol. The van der Waals surface area contributed by atoms with Crippen LogP contribution in [-0.4, -0.2) is 17.2 Å². The lowest BCUT2D eigenvalue weighted by atomic mass is 9.41. The molecule has 12 aromatic rings. The van der Waals surface area contributed by atoms with Crippen molar-refractivity contribution in [2.45, 2.75) is 37.5 Å². The molecule has 0 saturated heterocycles. The Kier molecular flexibility index (Phi) is 7.54. The monoisotopic (exact) mass is 888 g/mol. The topological polar surface area (TPSA) is 23.0 Å². The van der Waals surface area contributed by atoms with Crippen molar-refractivity contribution in [2.75, 3.05) is 0 Å². The van der Waals surface area contributed by atoms with Crippen molar-refractivity contribution < 1.29 is 4.42 Å². The highest BCUT2D eigenvalue weighted by Gasteiger charge is 2.61. The van der Waals surface area contributed by atoms with Gasteiger partial charge in [-0.3, -0.25) is 0 Å². The molecule has 9 aromatic carbocycles. The summed E-state index contributed by atoms with van der Waals surface area (Å²) >= 11 is 0. The van der Waals surface area contributed by atoms with Gasteiger partial charge in [-0.1, -0.05) is 158 Å². The number of rotatable bonds is 5. The number of fused-ring (bicyclic) bond motifs is 11. The molecule has 3 aromatic heterocycles. The Hall–Kier alpha value is -7.40. The van der Waals surface area contributed by atoms with Gasteiger partial charge in [0.1, 0.15) is 11.2 Å². The number of aromatic nitrogens is 2. The normalized spacial score (nSPS) is 21.6. The molecule has 4 heterocycles. The smallest absolute Gasteiger partial charge is 0.179 e. The molecule has 0 amide bonds. The molecule has 1 aliphatic heterocycles. The lowest BCUT2D eigenvalue weighted by Crippen LogP contribution is -2.74. The number of hydrogen-bond donors (Lipinski definition) is 0. The van der Waals surface area contributed by atoms with Gasteiger partial charge in [0.2, 0.25) is 0 Å². The number of hydrogen-bond acceptors (Lipinski definition) is 1. The molecule has 68 heavy (non-hydrogen) atoms. The van der Waals surface area contributed by atoms with Crippen molar-refractivity contribution in [3.63, 3.8) is 0 Å². The van der Waals surface area contributed by atoms with Crippen LogP contribution in [-0.2, 0) is 5.41 Å². The molecule has 0 unspecified atom stereocenters. The molecule has 4 saturated carbocycles. The van der Waals surface area contributed by atoms with Crippen LogP contribution in [0.25, 0.3) is 76.9 Å². The zero-order valence-electron chi connectivity index (χ0n) is 37.8. The van der Waals surface area contributed by atoms with Crippen molar-refractivity contribution in [1.82, 2.24) is 9.13 Å². The predicted octanol–water partition coefficient (Wildman–Crippen LogP) is 13.2. The Balaban J connectivity index is 1.02. The zero-order valence-corrected chi connectivity index (χ0v) is 38.8. The lowest BCUT2D eigenvalue weighted by Gasteiger charge is -2.63. The average molecular weight is 889 g/mol. The van der Waals surface area contributed by atoms with Crippen LogP contribution in [0, 0.1) is 23.7 Å². The van der Waals surface area contributed by atoms with E-state index in [9.17, 15) is 0 Å². The minimum absolute atomic E-state index is 0.0286. The maximum absolute atomic E-state index is 6.50. The van der Waals surface area contributed by atoms with Crippen LogP contribution >= 0.6 is 0 Å². The van der Waals surface area contributed by atoms with Gasteiger partial charge >= 0.3 is 0 Å². The molecule has 4 aliphatic carbocycles. The van der Waals surface area contributed by atoms with Crippen molar-refractivity contribution in [1.29, 1.82) is 0 Å². The second-order valence-electron chi connectivity index (χ2n) is 20.8. The van der Waals surface area contributed by atoms with Gasteiger partial charge in [-0.25, -0.2) is 0 Å². The van der Waals surface area contributed by atoms with Crippen LogP contribution in [0.4, 0.5) is 0 Å². The third kappa shape index (κ3) is 4.74. The summed E-state index contributed by atoms with van der Waals surface area (Å²) in [5.74, 6) is 2.99. The van der Waals surface area contributed by atoms with E-state index in [0.29, 0.717) is 11.8 Å². The van der Waals surface area contributed by atoms with E-state index in [1.54, 1.807) is 11.1 Å². The van der Waals surface area contributed by atoms with Gasteiger partial charge in [-0.15, -0.1) is 0 Å².